The van der Waals surface area contributed by atoms with E-state index >= 15 is 0 Å². The van der Waals surface area contributed by atoms with Gasteiger partial charge in [0.1, 0.15) is 16.4 Å². The van der Waals surface area contributed by atoms with E-state index < -0.39 is 26.8 Å². The number of benzene rings is 3. The predicted octanol–water partition coefficient (Wildman–Crippen LogP) is 6.31. The van der Waals surface area contributed by atoms with Crippen molar-refractivity contribution < 1.29 is 35.3 Å². The van der Waals surface area contributed by atoms with E-state index in [4.69, 9.17) is 8.92 Å². The highest BCUT2D eigenvalue weighted by molar-refractivity contribution is 7.87. The van der Waals surface area contributed by atoms with Gasteiger partial charge in [-0.2, -0.15) is 21.6 Å². The molecule has 0 heterocycles. The van der Waals surface area contributed by atoms with Gasteiger partial charge in [0.2, 0.25) is 0 Å². The molecule has 1 N–H and O–H groups in total. The highest BCUT2D eigenvalue weighted by Crippen LogP contribution is 2.31. The van der Waals surface area contributed by atoms with E-state index in [1.54, 1.807) is 41.3 Å². The number of nitrogens with one attached hydrogen (secondary N) is 1. The summed E-state index contributed by atoms with van der Waals surface area (Å²) in [6.07, 6.45) is -4.04. The molecule has 37 heavy (non-hydrogen) atoms. The lowest BCUT2D eigenvalue weighted by Crippen LogP contribution is -2.40. The van der Waals surface area contributed by atoms with Crippen LogP contribution >= 0.6 is 0 Å². The largest absolute Gasteiger partial charge is 0.497 e. The van der Waals surface area contributed by atoms with Crippen molar-refractivity contribution in [1.82, 2.24) is 4.90 Å². The first-order chi connectivity index (χ1) is 17.4. The molecular formula is C26H27F3N2O5S. The van der Waals surface area contributed by atoms with Crippen LogP contribution in [0.2, 0.25) is 0 Å². The Hall–Kier alpha value is -3.73. The Bertz CT molecular complexity index is 1350. The van der Waals surface area contributed by atoms with Crippen LogP contribution in [0.4, 0.5) is 23.7 Å². The first-order valence-electron chi connectivity index (χ1n) is 11.4. The van der Waals surface area contributed by atoms with Gasteiger partial charge in [-0.15, -0.1) is 0 Å². The van der Waals surface area contributed by atoms with Crippen LogP contribution in [0.5, 0.6) is 11.5 Å². The fraction of sp³-hybridized carbons (Fsp3) is 0.269. The van der Waals surface area contributed by atoms with Gasteiger partial charge in [0.05, 0.1) is 12.7 Å². The van der Waals surface area contributed by atoms with Gasteiger partial charge in [0, 0.05) is 24.3 Å². The van der Waals surface area contributed by atoms with Gasteiger partial charge in [0.15, 0.2) is 0 Å². The zero-order valence-corrected chi connectivity index (χ0v) is 21.3. The van der Waals surface area contributed by atoms with Gasteiger partial charge in [-0.1, -0.05) is 31.2 Å². The number of halogens is 3. The van der Waals surface area contributed by atoms with Crippen molar-refractivity contribution >= 4 is 21.8 Å². The Morgan fingerprint density at radius 3 is 2.35 bits per heavy atom. The van der Waals surface area contributed by atoms with E-state index in [0.717, 1.165) is 18.2 Å². The van der Waals surface area contributed by atoms with Crippen molar-refractivity contribution in [2.45, 2.75) is 43.9 Å². The molecule has 0 bridgehead atoms. The molecule has 11 heteroatoms. The molecule has 0 spiro atoms. The lowest BCUT2D eigenvalue weighted by molar-refractivity contribution is -0.137. The smallest absolute Gasteiger partial charge is 0.416 e. The molecule has 0 fully saturated rings. The van der Waals surface area contributed by atoms with Gasteiger partial charge in [-0.3, -0.25) is 0 Å². The van der Waals surface area contributed by atoms with Gasteiger partial charge < -0.3 is 19.1 Å². The quantitative estimate of drug-likeness (QED) is 0.324. The number of hydrogen-bond donors (Lipinski definition) is 1. The molecule has 0 aliphatic carbocycles. The average molecular weight is 537 g/mol. The lowest BCUT2D eigenvalue weighted by Gasteiger charge is -2.29. The predicted molar refractivity (Wildman–Crippen MR) is 133 cm³/mol. The van der Waals surface area contributed by atoms with Crippen LogP contribution < -0.4 is 14.2 Å². The van der Waals surface area contributed by atoms with Gasteiger partial charge >= 0.3 is 22.3 Å². The van der Waals surface area contributed by atoms with Crippen LogP contribution in [-0.4, -0.2) is 32.5 Å². The summed E-state index contributed by atoms with van der Waals surface area (Å²) in [5.41, 5.74) is 0.0110. The highest BCUT2D eigenvalue weighted by Gasteiger charge is 2.32. The second kappa shape index (κ2) is 11.5. The highest BCUT2D eigenvalue weighted by atomic mass is 32.2. The lowest BCUT2D eigenvalue weighted by atomic mass is 10.1. The van der Waals surface area contributed by atoms with E-state index in [1.807, 2.05) is 13.8 Å². The summed E-state index contributed by atoms with van der Waals surface area (Å²) >= 11 is 0. The maximum Gasteiger partial charge on any atom is 0.416 e. The monoisotopic (exact) mass is 536 g/mol. The van der Waals surface area contributed by atoms with Crippen molar-refractivity contribution in [2.24, 2.45) is 0 Å². The summed E-state index contributed by atoms with van der Waals surface area (Å²) in [6.45, 7) is 3.94. The van der Waals surface area contributed by atoms with E-state index in [-0.39, 0.29) is 24.4 Å². The van der Waals surface area contributed by atoms with E-state index in [1.165, 1.54) is 19.2 Å². The van der Waals surface area contributed by atoms with E-state index in [2.05, 4.69) is 5.32 Å². The zero-order valence-electron chi connectivity index (χ0n) is 20.5. The van der Waals surface area contributed by atoms with Crippen LogP contribution in [0.3, 0.4) is 0 Å². The first-order valence-corrected chi connectivity index (χ1v) is 12.8. The summed E-state index contributed by atoms with van der Waals surface area (Å²) in [6, 6.07) is 15.7. The fourth-order valence-corrected chi connectivity index (χ4v) is 4.41. The average Bonchev–Trinajstić information content (AvgIpc) is 2.86. The number of amides is 2. The standard InChI is InChI=1S/C26H27F3N2O5S/c1-4-18(2)31(25(32)30-21-10-7-11-22(16-21)35-3)17-19-8-5-12-23(14-19)36-37(33,34)24-13-6-9-20(15-24)26(27,28)29/h5-16,18H,4,17H2,1-3H3,(H,30,32)/t18-/m1/s1. The van der Waals surface area contributed by atoms with Crippen LogP contribution in [0, 0.1) is 0 Å². The summed E-state index contributed by atoms with van der Waals surface area (Å²) in [7, 11) is -3.01. The number of methoxy groups -OCH3 is 1. The minimum atomic E-state index is -4.70. The van der Waals surface area contributed by atoms with Crippen LogP contribution in [0.1, 0.15) is 31.4 Å². The molecule has 0 saturated heterocycles. The maximum atomic E-state index is 13.1. The Morgan fingerprint density at radius 2 is 1.68 bits per heavy atom. The Balaban J connectivity index is 1.80. The second-order valence-corrected chi connectivity index (χ2v) is 9.80. The Kier molecular flexibility index (Phi) is 8.69. The zero-order chi connectivity index (χ0) is 27.2. The molecule has 2 amide bonds. The third-order valence-corrected chi connectivity index (χ3v) is 6.86. The molecule has 3 aromatic rings. The molecule has 3 aromatic carbocycles. The fourth-order valence-electron chi connectivity index (χ4n) is 3.44. The number of nitrogens with zero attached hydrogens (tertiary/aromatic N) is 1. The number of carbonyl (C=O) groups excluding carboxylic acids is 1. The number of hydrogen-bond acceptors (Lipinski definition) is 5. The van der Waals surface area contributed by atoms with E-state index in [9.17, 15) is 26.4 Å². The van der Waals surface area contributed by atoms with Gasteiger partial charge in [0.25, 0.3) is 0 Å². The number of urea groups is 1. The van der Waals surface area contributed by atoms with Crippen LogP contribution in [0.25, 0.3) is 0 Å². The normalized spacial score (nSPS) is 12.5. The maximum absolute atomic E-state index is 13.1. The molecule has 0 aliphatic heterocycles. The number of rotatable bonds is 9. The molecule has 0 radical (unpaired) electrons. The summed E-state index contributed by atoms with van der Waals surface area (Å²) in [5, 5.41) is 2.83. The van der Waals surface area contributed by atoms with Crippen molar-refractivity contribution in [1.29, 1.82) is 0 Å². The molecule has 0 aliphatic rings. The number of anilines is 1. The molecule has 198 valence electrons. The second-order valence-electron chi connectivity index (χ2n) is 8.26. The van der Waals surface area contributed by atoms with Gasteiger partial charge in [-0.05, 0) is 61.4 Å². The minimum Gasteiger partial charge on any atom is -0.497 e. The van der Waals surface area contributed by atoms with Crippen LogP contribution in [-0.2, 0) is 22.8 Å². The topological polar surface area (TPSA) is 84.9 Å². The van der Waals surface area contributed by atoms with Crippen molar-refractivity contribution in [3.8, 4) is 11.5 Å². The van der Waals surface area contributed by atoms with Crippen LogP contribution in [0.15, 0.2) is 77.7 Å². The number of carbonyl (C=O) groups is 1. The number of alkyl halides is 3. The molecule has 1 atom stereocenters. The molecule has 3 rings (SSSR count). The Morgan fingerprint density at radius 1 is 1.00 bits per heavy atom. The van der Waals surface area contributed by atoms with Crippen molar-refractivity contribution in [3.05, 3.63) is 83.9 Å². The third kappa shape index (κ3) is 7.39. The van der Waals surface area contributed by atoms with Crippen molar-refractivity contribution in [3.63, 3.8) is 0 Å². The summed E-state index contributed by atoms with van der Waals surface area (Å²) in [5.74, 6) is 0.493. The van der Waals surface area contributed by atoms with E-state index in [0.29, 0.717) is 29.5 Å². The third-order valence-electron chi connectivity index (χ3n) is 5.61. The first kappa shape index (κ1) is 27.9. The molecule has 7 nitrogen and oxygen atoms in total. The molecule has 0 unspecified atom stereocenters. The van der Waals surface area contributed by atoms with Crippen molar-refractivity contribution in [2.75, 3.05) is 12.4 Å². The number of ether oxygens (including phenoxy) is 1. The summed E-state index contributed by atoms with van der Waals surface area (Å²) < 4.78 is 74.7. The molecule has 0 aromatic heterocycles. The molecule has 0 saturated carbocycles. The SMILES string of the molecule is CC[C@@H](C)N(Cc1cccc(OS(=O)(=O)c2cccc(C(F)(F)F)c2)c1)C(=O)Nc1cccc(OC)c1. The Labute approximate surface area is 213 Å². The van der Waals surface area contributed by atoms with Gasteiger partial charge in [-0.25, -0.2) is 4.79 Å². The summed E-state index contributed by atoms with van der Waals surface area (Å²) in [4.78, 5) is 14.0. The molecular weight excluding hydrogens is 509 g/mol. The minimum absolute atomic E-state index is 0.0905.